The first-order chi connectivity index (χ1) is 17.3. The zero-order valence-electron chi connectivity index (χ0n) is 19.6. The van der Waals surface area contributed by atoms with E-state index >= 15 is 0 Å². The zero-order valence-corrected chi connectivity index (χ0v) is 21.1. The number of anilines is 3. The molecule has 0 bridgehead atoms. The van der Waals surface area contributed by atoms with E-state index < -0.39 is 11.8 Å². The number of hydrogen-bond acceptors (Lipinski definition) is 5. The number of carbonyl (C=O) groups is 3. The number of pyridine rings is 1. The summed E-state index contributed by atoms with van der Waals surface area (Å²) in [5.41, 5.74) is 1.50. The van der Waals surface area contributed by atoms with Crippen LogP contribution in [0.1, 0.15) is 40.0 Å². The van der Waals surface area contributed by atoms with Crippen LogP contribution in [0, 0.1) is 0 Å². The summed E-state index contributed by atoms with van der Waals surface area (Å²) in [6.07, 6.45) is 4.83. The predicted octanol–water partition coefficient (Wildman–Crippen LogP) is 5.00. The third kappa shape index (κ3) is 6.40. The van der Waals surface area contributed by atoms with Crippen LogP contribution >= 0.6 is 23.2 Å². The van der Waals surface area contributed by atoms with E-state index in [1.165, 1.54) is 18.7 Å². The van der Waals surface area contributed by atoms with Gasteiger partial charge >= 0.3 is 0 Å². The Labute approximate surface area is 219 Å². The van der Waals surface area contributed by atoms with E-state index in [4.69, 9.17) is 23.2 Å². The molecule has 10 heteroatoms. The number of rotatable bonds is 8. The van der Waals surface area contributed by atoms with E-state index in [1.54, 1.807) is 60.5 Å². The number of aromatic nitrogens is 1. The summed E-state index contributed by atoms with van der Waals surface area (Å²) >= 11 is 11.9. The summed E-state index contributed by atoms with van der Waals surface area (Å²) in [5.74, 6) is -0.651. The van der Waals surface area contributed by atoms with Crippen LogP contribution in [0.15, 0.2) is 60.8 Å². The van der Waals surface area contributed by atoms with Crippen molar-refractivity contribution in [3.05, 3.63) is 82.0 Å². The van der Waals surface area contributed by atoms with Gasteiger partial charge in [0.25, 0.3) is 11.8 Å². The standard InChI is InChI=1S/C26H25Cl2N5O3/c1-33(24(34)15-29-19-3-2-4-19)20-9-5-16(6-10-20)25(35)31-22-11-7-17(27)13-21(22)26(36)32-23-12-8-18(28)14-30-23/h5-14,19,29H,2-4,15H2,1H3,(H,31,35)(H,30,32,36). The first-order valence-electron chi connectivity index (χ1n) is 11.4. The summed E-state index contributed by atoms with van der Waals surface area (Å²) in [6.45, 7) is 0.274. The van der Waals surface area contributed by atoms with Crippen molar-refractivity contribution in [2.75, 3.05) is 29.1 Å². The summed E-state index contributed by atoms with van der Waals surface area (Å²) < 4.78 is 0. The number of benzene rings is 2. The van der Waals surface area contributed by atoms with Crippen molar-refractivity contribution in [2.45, 2.75) is 25.3 Å². The number of hydrogen-bond donors (Lipinski definition) is 3. The van der Waals surface area contributed by atoms with Crippen LogP contribution in [-0.2, 0) is 4.79 Å². The smallest absolute Gasteiger partial charge is 0.258 e. The molecule has 1 aromatic heterocycles. The maximum Gasteiger partial charge on any atom is 0.258 e. The number of nitrogens with one attached hydrogen (secondary N) is 3. The Kier molecular flexibility index (Phi) is 8.20. The minimum Gasteiger partial charge on any atom is -0.321 e. The quantitative estimate of drug-likeness (QED) is 0.384. The normalized spacial score (nSPS) is 13.0. The van der Waals surface area contributed by atoms with Gasteiger partial charge in [-0.05, 0) is 67.4 Å². The molecule has 3 aromatic rings. The molecule has 0 radical (unpaired) electrons. The molecule has 36 heavy (non-hydrogen) atoms. The SMILES string of the molecule is CN(C(=O)CNC1CCC1)c1ccc(C(=O)Nc2ccc(Cl)cc2C(=O)Nc2ccc(Cl)cn2)cc1. The summed E-state index contributed by atoms with van der Waals surface area (Å²) in [5, 5.41) is 9.45. The van der Waals surface area contributed by atoms with Crippen molar-refractivity contribution in [3.8, 4) is 0 Å². The molecule has 2 aromatic carbocycles. The van der Waals surface area contributed by atoms with E-state index in [2.05, 4.69) is 20.9 Å². The van der Waals surface area contributed by atoms with Gasteiger partial charge in [0.05, 0.1) is 22.8 Å². The molecule has 4 rings (SSSR count). The second kappa shape index (κ2) is 11.5. The minimum absolute atomic E-state index is 0.0499. The molecule has 3 amide bonds. The Bertz CT molecular complexity index is 1260. The average molecular weight is 526 g/mol. The fourth-order valence-electron chi connectivity index (χ4n) is 3.58. The van der Waals surface area contributed by atoms with E-state index in [0.717, 1.165) is 12.8 Å². The van der Waals surface area contributed by atoms with Crippen molar-refractivity contribution in [2.24, 2.45) is 0 Å². The highest BCUT2D eigenvalue weighted by atomic mass is 35.5. The lowest BCUT2D eigenvalue weighted by molar-refractivity contribution is -0.117. The molecule has 3 N–H and O–H groups in total. The summed E-state index contributed by atoms with van der Waals surface area (Å²) in [4.78, 5) is 43.8. The molecule has 0 atom stereocenters. The Hall–Kier alpha value is -3.46. The van der Waals surface area contributed by atoms with Gasteiger partial charge < -0.3 is 20.9 Å². The van der Waals surface area contributed by atoms with Crippen LogP contribution in [-0.4, -0.2) is 42.3 Å². The molecule has 0 unspecified atom stereocenters. The van der Waals surface area contributed by atoms with Crippen LogP contribution in [0.5, 0.6) is 0 Å². The Balaban J connectivity index is 1.42. The Morgan fingerprint density at radius 2 is 1.67 bits per heavy atom. The van der Waals surface area contributed by atoms with Gasteiger partial charge in [0.2, 0.25) is 5.91 Å². The first-order valence-corrected chi connectivity index (χ1v) is 12.2. The summed E-state index contributed by atoms with van der Waals surface area (Å²) in [6, 6.07) is 14.9. The largest absolute Gasteiger partial charge is 0.321 e. The monoisotopic (exact) mass is 525 g/mol. The topological polar surface area (TPSA) is 103 Å². The van der Waals surface area contributed by atoms with Gasteiger partial charge in [0, 0.05) is 35.6 Å². The first kappa shape index (κ1) is 25.6. The van der Waals surface area contributed by atoms with Crippen LogP contribution < -0.4 is 20.9 Å². The molecule has 0 aliphatic heterocycles. The van der Waals surface area contributed by atoms with Gasteiger partial charge in [0.15, 0.2) is 0 Å². The highest BCUT2D eigenvalue weighted by molar-refractivity contribution is 6.31. The second-order valence-corrected chi connectivity index (χ2v) is 9.34. The molecule has 1 aliphatic rings. The van der Waals surface area contributed by atoms with Gasteiger partial charge in [-0.3, -0.25) is 14.4 Å². The van der Waals surface area contributed by atoms with Gasteiger partial charge in [-0.1, -0.05) is 29.6 Å². The predicted molar refractivity (Wildman–Crippen MR) is 142 cm³/mol. The molecular weight excluding hydrogens is 501 g/mol. The van der Waals surface area contributed by atoms with Crippen molar-refractivity contribution in [1.82, 2.24) is 10.3 Å². The number of halogens is 2. The van der Waals surface area contributed by atoms with E-state index in [9.17, 15) is 14.4 Å². The molecular formula is C26H25Cl2N5O3. The highest BCUT2D eigenvalue weighted by Gasteiger charge is 2.20. The van der Waals surface area contributed by atoms with Gasteiger partial charge in [-0.15, -0.1) is 0 Å². The van der Waals surface area contributed by atoms with Gasteiger partial charge in [0.1, 0.15) is 5.82 Å². The molecule has 1 heterocycles. The fourth-order valence-corrected chi connectivity index (χ4v) is 3.87. The van der Waals surface area contributed by atoms with Crippen LogP contribution in [0.25, 0.3) is 0 Å². The van der Waals surface area contributed by atoms with Crippen LogP contribution in [0.2, 0.25) is 10.0 Å². The van der Waals surface area contributed by atoms with Crippen molar-refractivity contribution in [1.29, 1.82) is 0 Å². The summed E-state index contributed by atoms with van der Waals surface area (Å²) in [7, 11) is 1.70. The Morgan fingerprint density at radius 3 is 2.31 bits per heavy atom. The lowest BCUT2D eigenvalue weighted by Crippen LogP contribution is -2.42. The lowest BCUT2D eigenvalue weighted by atomic mass is 9.93. The van der Waals surface area contributed by atoms with Crippen LogP contribution in [0.3, 0.4) is 0 Å². The maximum absolute atomic E-state index is 12.9. The number of amides is 3. The number of likely N-dealkylation sites (N-methyl/N-ethyl adjacent to an activating group) is 1. The molecule has 0 saturated heterocycles. The third-order valence-electron chi connectivity index (χ3n) is 5.98. The van der Waals surface area contributed by atoms with Crippen molar-refractivity contribution < 1.29 is 14.4 Å². The fraction of sp³-hybridized carbons (Fsp3) is 0.231. The highest BCUT2D eigenvalue weighted by Crippen LogP contribution is 2.24. The van der Waals surface area contributed by atoms with E-state index in [0.29, 0.717) is 33.2 Å². The lowest BCUT2D eigenvalue weighted by Gasteiger charge is -2.27. The van der Waals surface area contributed by atoms with E-state index in [-0.39, 0.29) is 23.7 Å². The molecule has 8 nitrogen and oxygen atoms in total. The molecule has 186 valence electrons. The zero-order chi connectivity index (χ0) is 25.7. The Morgan fingerprint density at radius 1 is 0.944 bits per heavy atom. The number of carbonyl (C=O) groups excluding carboxylic acids is 3. The third-order valence-corrected chi connectivity index (χ3v) is 6.44. The maximum atomic E-state index is 12.9. The molecule has 1 fully saturated rings. The van der Waals surface area contributed by atoms with Crippen molar-refractivity contribution >= 4 is 58.1 Å². The average Bonchev–Trinajstić information content (AvgIpc) is 2.85. The second-order valence-electron chi connectivity index (χ2n) is 8.47. The number of nitrogens with zero attached hydrogens (tertiary/aromatic N) is 2. The molecule has 1 aliphatic carbocycles. The van der Waals surface area contributed by atoms with E-state index in [1.807, 2.05) is 0 Å². The van der Waals surface area contributed by atoms with Crippen molar-refractivity contribution in [3.63, 3.8) is 0 Å². The minimum atomic E-state index is -0.492. The molecule has 1 saturated carbocycles. The molecule has 0 spiro atoms. The van der Waals surface area contributed by atoms with Crippen LogP contribution in [0.4, 0.5) is 17.2 Å². The van der Waals surface area contributed by atoms with Gasteiger partial charge in [-0.25, -0.2) is 4.98 Å². The van der Waals surface area contributed by atoms with Gasteiger partial charge in [-0.2, -0.15) is 0 Å².